The molecule has 6 rings (SSSR count). The van der Waals surface area contributed by atoms with E-state index in [0.717, 1.165) is 43.5 Å². The van der Waals surface area contributed by atoms with Gasteiger partial charge in [0.25, 0.3) is 5.91 Å². The molecule has 8 nitrogen and oxygen atoms in total. The number of hydrogen-bond acceptors (Lipinski definition) is 7. The third kappa shape index (κ3) is 5.56. The summed E-state index contributed by atoms with van der Waals surface area (Å²) in [5.74, 6) is -0.883. The van der Waals surface area contributed by atoms with Crippen LogP contribution in [0.15, 0.2) is 70.9 Å². The number of nitrogens with zero attached hydrogens (tertiary/aromatic N) is 1. The fraction of sp³-hybridized carbons (Fsp3) is 0.379. The highest BCUT2D eigenvalue weighted by atomic mass is 35.5. The fourth-order valence-corrected chi connectivity index (χ4v) is 8.70. The molecule has 0 spiro atoms. The van der Waals surface area contributed by atoms with E-state index in [9.17, 15) is 23.1 Å². The van der Waals surface area contributed by atoms with Crippen molar-refractivity contribution in [2.75, 3.05) is 39.0 Å². The Kier molecular flexibility index (Phi) is 8.09. The molecule has 1 aromatic heterocycles. The summed E-state index contributed by atoms with van der Waals surface area (Å²) in [7, 11) is -3.52. The molecule has 0 unspecified atom stereocenters. The molecule has 2 aromatic carbocycles. The SMILES string of the molecule is CS(=O)(=O)c1csc(C(=O)NCC[N+]23CCC(CC2)[C@@H](OC(=O)C(O)(c2ccccc2)c2ccccc2)C3)c1Cl. The van der Waals surface area contributed by atoms with Crippen LogP contribution in [0.4, 0.5) is 0 Å². The number of rotatable bonds is 9. The van der Waals surface area contributed by atoms with Gasteiger partial charge in [-0.1, -0.05) is 72.3 Å². The monoisotopic (exact) mass is 603 g/mol. The van der Waals surface area contributed by atoms with Crippen LogP contribution in [-0.2, 0) is 25.0 Å². The zero-order chi connectivity index (χ0) is 28.5. The van der Waals surface area contributed by atoms with Crippen LogP contribution in [0, 0.1) is 5.92 Å². The number of amides is 1. The second-order valence-corrected chi connectivity index (χ2v) is 13.9. The number of esters is 1. The predicted octanol–water partition coefficient (Wildman–Crippen LogP) is 3.62. The summed E-state index contributed by atoms with van der Waals surface area (Å²) < 4.78 is 30.5. The number of fused-ring (bicyclic) bond motifs is 3. The van der Waals surface area contributed by atoms with Gasteiger partial charge in [0.15, 0.2) is 15.9 Å². The normalized spacial score (nSPS) is 22.6. The highest BCUT2D eigenvalue weighted by Gasteiger charge is 2.50. The molecule has 3 saturated heterocycles. The van der Waals surface area contributed by atoms with Crippen molar-refractivity contribution in [3.05, 3.63) is 87.1 Å². The molecular formula is C29H32ClN2O6S2+. The number of sulfone groups is 1. The molecule has 2 bridgehead atoms. The Balaban J connectivity index is 1.26. The van der Waals surface area contributed by atoms with Crippen molar-refractivity contribution >= 4 is 44.7 Å². The molecule has 0 saturated carbocycles. The molecular weight excluding hydrogens is 572 g/mol. The van der Waals surface area contributed by atoms with Crippen LogP contribution >= 0.6 is 22.9 Å². The van der Waals surface area contributed by atoms with Crippen LogP contribution in [0.1, 0.15) is 33.6 Å². The van der Waals surface area contributed by atoms with Crippen LogP contribution < -0.4 is 5.32 Å². The minimum absolute atomic E-state index is 0.0417. The van der Waals surface area contributed by atoms with Gasteiger partial charge >= 0.3 is 5.97 Å². The lowest BCUT2D eigenvalue weighted by atomic mass is 9.82. The Morgan fingerprint density at radius 3 is 2.17 bits per heavy atom. The number of benzene rings is 2. The maximum absolute atomic E-state index is 13.7. The van der Waals surface area contributed by atoms with Gasteiger partial charge < -0.3 is 19.6 Å². The number of aliphatic hydroxyl groups is 1. The largest absolute Gasteiger partial charge is 0.453 e. The van der Waals surface area contributed by atoms with Gasteiger partial charge in [-0.3, -0.25) is 4.79 Å². The molecule has 1 amide bonds. The maximum Gasteiger partial charge on any atom is 0.348 e. The van der Waals surface area contributed by atoms with Crippen molar-refractivity contribution in [1.29, 1.82) is 0 Å². The first-order valence-corrected chi connectivity index (χ1v) is 16.3. The smallest absolute Gasteiger partial charge is 0.348 e. The van der Waals surface area contributed by atoms with Gasteiger partial charge in [-0.15, -0.1) is 11.3 Å². The van der Waals surface area contributed by atoms with Crippen molar-refractivity contribution in [3.63, 3.8) is 0 Å². The number of nitrogens with one attached hydrogen (secondary N) is 1. The maximum atomic E-state index is 13.7. The lowest BCUT2D eigenvalue weighted by molar-refractivity contribution is -0.945. The molecule has 11 heteroatoms. The Labute approximate surface area is 243 Å². The zero-order valence-electron chi connectivity index (χ0n) is 22.1. The summed E-state index contributed by atoms with van der Waals surface area (Å²) in [6.07, 6.45) is 2.47. The number of quaternary nitrogens is 1. The molecule has 4 heterocycles. The molecule has 2 N–H and O–H groups in total. The highest BCUT2D eigenvalue weighted by molar-refractivity contribution is 7.91. The van der Waals surface area contributed by atoms with Crippen LogP contribution in [0.2, 0.25) is 5.02 Å². The van der Waals surface area contributed by atoms with E-state index in [2.05, 4.69) is 5.32 Å². The second-order valence-electron chi connectivity index (χ2n) is 10.7. The molecule has 3 aromatic rings. The Bertz CT molecular complexity index is 1450. The average Bonchev–Trinajstić information content (AvgIpc) is 3.36. The number of ether oxygens (including phenoxy) is 1. The van der Waals surface area contributed by atoms with E-state index in [1.54, 1.807) is 48.5 Å². The van der Waals surface area contributed by atoms with Gasteiger partial charge in [0.2, 0.25) is 5.60 Å². The minimum Gasteiger partial charge on any atom is -0.453 e. The van der Waals surface area contributed by atoms with Gasteiger partial charge in [-0.05, 0) is 11.1 Å². The number of thiophene rings is 1. The molecule has 3 fully saturated rings. The lowest BCUT2D eigenvalue weighted by Gasteiger charge is -2.52. The summed E-state index contributed by atoms with van der Waals surface area (Å²) in [5.41, 5.74) is -1.03. The summed E-state index contributed by atoms with van der Waals surface area (Å²) in [4.78, 5) is 26.6. The molecule has 0 aliphatic carbocycles. The van der Waals surface area contributed by atoms with Gasteiger partial charge in [-0.2, -0.15) is 0 Å². The zero-order valence-corrected chi connectivity index (χ0v) is 24.5. The van der Waals surface area contributed by atoms with E-state index in [0.29, 0.717) is 35.2 Å². The van der Waals surface area contributed by atoms with Gasteiger partial charge in [0.05, 0.1) is 36.1 Å². The van der Waals surface area contributed by atoms with E-state index in [1.807, 2.05) is 12.1 Å². The van der Waals surface area contributed by atoms with Gasteiger partial charge in [-0.25, -0.2) is 13.2 Å². The topological polar surface area (TPSA) is 110 Å². The van der Waals surface area contributed by atoms with Crippen molar-refractivity contribution in [1.82, 2.24) is 5.32 Å². The number of piperidine rings is 3. The molecule has 3 aliphatic heterocycles. The fourth-order valence-electron chi connectivity index (χ4n) is 5.87. The van der Waals surface area contributed by atoms with Crippen LogP contribution in [0.5, 0.6) is 0 Å². The minimum atomic E-state index is -3.52. The average molecular weight is 604 g/mol. The standard InChI is InChI=1S/C29H31ClN2O6S2/c1-40(36,37)24-19-39-26(25(24)30)27(33)31-14-17-32-15-12-20(13-16-32)23(18-32)38-28(34)29(35,21-8-4-2-5-9-21)22-10-6-3-7-11-22/h2-11,19-20,23,35H,12-18H2,1H3/p+1/t20?,23-,32?/m0/s1. The molecule has 212 valence electrons. The second kappa shape index (κ2) is 11.3. The Morgan fingerprint density at radius 2 is 1.65 bits per heavy atom. The quantitative estimate of drug-likeness (QED) is 0.286. The van der Waals surface area contributed by atoms with Crippen molar-refractivity contribution in [2.45, 2.75) is 29.4 Å². The molecule has 0 radical (unpaired) electrons. The van der Waals surface area contributed by atoms with Gasteiger partial charge in [0.1, 0.15) is 11.4 Å². The van der Waals surface area contributed by atoms with Crippen molar-refractivity contribution < 1.29 is 32.3 Å². The Morgan fingerprint density at radius 1 is 1.07 bits per heavy atom. The summed E-state index contributed by atoms with van der Waals surface area (Å²) in [6.45, 7) is 3.42. The van der Waals surface area contributed by atoms with Crippen molar-refractivity contribution in [3.8, 4) is 0 Å². The number of hydrogen-bond donors (Lipinski definition) is 2. The summed E-state index contributed by atoms with van der Waals surface area (Å²) in [6, 6.07) is 17.7. The molecule has 1 atom stereocenters. The van der Waals surface area contributed by atoms with E-state index < -0.39 is 27.3 Å². The number of carbonyl (C=O) groups is 2. The van der Waals surface area contributed by atoms with E-state index in [-0.39, 0.29) is 26.8 Å². The van der Waals surface area contributed by atoms with Crippen LogP contribution in [0.25, 0.3) is 0 Å². The van der Waals surface area contributed by atoms with E-state index in [1.165, 1.54) is 5.38 Å². The third-order valence-corrected chi connectivity index (χ3v) is 11.0. The molecule has 40 heavy (non-hydrogen) atoms. The van der Waals surface area contributed by atoms with Gasteiger partial charge in [0, 0.05) is 30.4 Å². The first-order chi connectivity index (χ1) is 19.0. The number of halogens is 1. The van der Waals surface area contributed by atoms with E-state index >= 15 is 0 Å². The summed E-state index contributed by atoms with van der Waals surface area (Å²) in [5, 5.41) is 16.0. The first kappa shape index (κ1) is 28.8. The third-order valence-electron chi connectivity index (χ3n) is 8.16. The van der Waals surface area contributed by atoms with E-state index in [4.69, 9.17) is 16.3 Å². The van der Waals surface area contributed by atoms with Crippen molar-refractivity contribution in [2.24, 2.45) is 5.92 Å². The first-order valence-electron chi connectivity index (χ1n) is 13.2. The van der Waals surface area contributed by atoms with Crippen LogP contribution in [0.3, 0.4) is 0 Å². The molecule has 3 aliphatic rings. The Hall–Kier alpha value is -2.76. The number of carbonyl (C=O) groups excluding carboxylic acids is 2. The summed E-state index contributed by atoms with van der Waals surface area (Å²) >= 11 is 7.19. The predicted molar refractivity (Wildman–Crippen MR) is 153 cm³/mol. The van der Waals surface area contributed by atoms with Crippen LogP contribution in [-0.4, -0.2) is 75.0 Å². The lowest BCUT2D eigenvalue weighted by Crippen LogP contribution is -2.66. The highest BCUT2D eigenvalue weighted by Crippen LogP contribution is 2.38.